The third-order valence-corrected chi connectivity index (χ3v) is 2.63. The van der Waals surface area contributed by atoms with Gasteiger partial charge in [0.25, 0.3) is 0 Å². The number of carbonyl (C=O) groups excluding carboxylic acids is 1. The van der Waals surface area contributed by atoms with Crippen LogP contribution in [0.25, 0.3) is 0 Å². The molecule has 0 aliphatic rings. The molecule has 1 heterocycles. The Labute approximate surface area is 120 Å². The van der Waals surface area contributed by atoms with E-state index in [0.717, 1.165) is 12.1 Å². The second-order valence-corrected chi connectivity index (χ2v) is 4.09. The summed E-state index contributed by atoms with van der Waals surface area (Å²) < 4.78 is 31.6. The van der Waals surface area contributed by atoms with Crippen molar-refractivity contribution in [2.45, 2.75) is 0 Å². The van der Waals surface area contributed by atoms with Crippen molar-refractivity contribution in [3.8, 4) is 5.88 Å². The molecule has 7 heteroatoms. The second kappa shape index (κ2) is 6.65. The van der Waals surface area contributed by atoms with Crippen LogP contribution in [0.3, 0.4) is 0 Å². The highest BCUT2D eigenvalue weighted by Crippen LogP contribution is 2.17. The lowest BCUT2D eigenvalue weighted by molar-refractivity contribution is -0.114. The highest BCUT2D eigenvalue weighted by Gasteiger charge is 2.11. The number of rotatable bonds is 5. The van der Waals surface area contributed by atoms with Crippen molar-refractivity contribution >= 4 is 17.3 Å². The molecule has 2 rings (SSSR count). The van der Waals surface area contributed by atoms with E-state index < -0.39 is 23.2 Å². The van der Waals surface area contributed by atoms with Gasteiger partial charge in [-0.1, -0.05) is 6.07 Å². The lowest BCUT2D eigenvalue weighted by Gasteiger charge is -2.09. The number of nitrogens with one attached hydrogen (secondary N) is 2. The fourth-order valence-electron chi connectivity index (χ4n) is 1.59. The zero-order valence-corrected chi connectivity index (χ0v) is 11.2. The summed E-state index contributed by atoms with van der Waals surface area (Å²) in [6, 6.07) is 6.65. The summed E-state index contributed by atoms with van der Waals surface area (Å²) in [4.78, 5) is 15.6. The molecule has 1 amide bonds. The molecule has 0 aliphatic carbocycles. The molecule has 0 saturated carbocycles. The van der Waals surface area contributed by atoms with Gasteiger partial charge in [-0.15, -0.1) is 0 Å². The van der Waals surface area contributed by atoms with Gasteiger partial charge in [-0.2, -0.15) is 0 Å². The van der Waals surface area contributed by atoms with Crippen LogP contribution in [0, 0.1) is 11.6 Å². The van der Waals surface area contributed by atoms with Crippen molar-refractivity contribution in [1.29, 1.82) is 0 Å². The molecule has 1 aromatic heterocycles. The number of methoxy groups -OCH3 is 1. The normalized spacial score (nSPS) is 10.0. The van der Waals surface area contributed by atoms with Gasteiger partial charge in [0.2, 0.25) is 11.8 Å². The van der Waals surface area contributed by atoms with Gasteiger partial charge in [-0.25, -0.2) is 13.8 Å². The molecular weight excluding hydrogens is 280 g/mol. The maximum atomic E-state index is 13.4. The van der Waals surface area contributed by atoms with E-state index in [-0.39, 0.29) is 6.54 Å². The number of carbonyl (C=O) groups is 1. The molecule has 0 radical (unpaired) electrons. The standard InChI is InChI=1S/C14H13F2N3O2/c1-21-13-6-5-9(7-18-13)17-8-12(20)19-14-10(15)3-2-4-11(14)16/h2-7,17H,8H2,1H3,(H,19,20). The smallest absolute Gasteiger partial charge is 0.243 e. The van der Waals surface area contributed by atoms with Gasteiger partial charge in [-0.05, 0) is 18.2 Å². The van der Waals surface area contributed by atoms with E-state index >= 15 is 0 Å². The molecule has 0 fully saturated rings. The molecule has 0 aliphatic heterocycles. The van der Waals surface area contributed by atoms with Crippen LogP contribution in [0.5, 0.6) is 5.88 Å². The Morgan fingerprint density at radius 1 is 1.24 bits per heavy atom. The van der Waals surface area contributed by atoms with Crippen molar-refractivity contribution in [1.82, 2.24) is 4.98 Å². The predicted molar refractivity (Wildman–Crippen MR) is 74.3 cm³/mol. The van der Waals surface area contributed by atoms with Crippen molar-refractivity contribution in [3.05, 3.63) is 48.2 Å². The zero-order valence-electron chi connectivity index (χ0n) is 11.2. The first-order valence-electron chi connectivity index (χ1n) is 6.08. The molecule has 0 bridgehead atoms. The molecule has 110 valence electrons. The highest BCUT2D eigenvalue weighted by molar-refractivity contribution is 5.93. The van der Waals surface area contributed by atoms with Crippen molar-refractivity contribution in [2.75, 3.05) is 24.3 Å². The summed E-state index contributed by atoms with van der Waals surface area (Å²) >= 11 is 0. The fraction of sp³-hybridized carbons (Fsp3) is 0.143. The molecule has 5 nitrogen and oxygen atoms in total. The largest absolute Gasteiger partial charge is 0.481 e. The van der Waals surface area contributed by atoms with Crippen molar-refractivity contribution in [3.63, 3.8) is 0 Å². The molecule has 0 spiro atoms. The molecular formula is C14H13F2N3O2. The van der Waals surface area contributed by atoms with Crippen LogP contribution in [0.15, 0.2) is 36.5 Å². The number of halogens is 2. The lowest BCUT2D eigenvalue weighted by atomic mass is 10.3. The third-order valence-electron chi connectivity index (χ3n) is 2.63. The van der Waals surface area contributed by atoms with Gasteiger partial charge < -0.3 is 15.4 Å². The summed E-state index contributed by atoms with van der Waals surface area (Å²) in [7, 11) is 1.49. The number of hydrogen-bond donors (Lipinski definition) is 2. The number of aromatic nitrogens is 1. The Bertz CT molecular complexity index is 612. The number of hydrogen-bond acceptors (Lipinski definition) is 4. The molecule has 1 aromatic carbocycles. The van der Waals surface area contributed by atoms with Gasteiger partial charge in [0.05, 0.1) is 25.5 Å². The summed E-state index contributed by atoms with van der Waals surface area (Å²) in [5.41, 5.74) is 0.122. The topological polar surface area (TPSA) is 63.2 Å². The Hall–Kier alpha value is -2.70. The van der Waals surface area contributed by atoms with Crippen LogP contribution >= 0.6 is 0 Å². The minimum absolute atomic E-state index is 0.151. The average molecular weight is 293 g/mol. The Morgan fingerprint density at radius 2 is 1.95 bits per heavy atom. The molecule has 0 unspecified atom stereocenters. The van der Waals surface area contributed by atoms with Crippen LogP contribution in [0.2, 0.25) is 0 Å². The third kappa shape index (κ3) is 3.88. The summed E-state index contributed by atoms with van der Waals surface area (Å²) in [6.45, 7) is -0.151. The minimum Gasteiger partial charge on any atom is -0.481 e. The van der Waals surface area contributed by atoms with E-state index in [0.29, 0.717) is 11.6 Å². The van der Waals surface area contributed by atoms with Crippen LogP contribution in [-0.2, 0) is 4.79 Å². The van der Waals surface area contributed by atoms with Crippen molar-refractivity contribution < 1.29 is 18.3 Å². The first kappa shape index (κ1) is 14.7. The highest BCUT2D eigenvalue weighted by atomic mass is 19.1. The maximum absolute atomic E-state index is 13.4. The average Bonchev–Trinajstić information content (AvgIpc) is 2.49. The lowest BCUT2D eigenvalue weighted by Crippen LogP contribution is -2.23. The monoisotopic (exact) mass is 293 g/mol. The number of pyridine rings is 1. The number of nitrogens with zero attached hydrogens (tertiary/aromatic N) is 1. The zero-order chi connectivity index (χ0) is 15.2. The van der Waals surface area contributed by atoms with E-state index in [1.54, 1.807) is 12.1 Å². The quantitative estimate of drug-likeness (QED) is 0.888. The Morgan fingerprint density at radius 3 is 2.52 bits per heavy atom. The fourth-order valence-corrected chi connectivity index (χ4v) is 1.59. The van der Waals surface area contributed by atoms with E-state index in [9.17, 15) is 13.6 Å². The van der Waals surface area contributed by atoms with Crippen LogP contribution in [0.1, 0.15) is 0 Å². The number of amides is 1. The Kier molecular flexibility index (Phi) is 4.65. The molecule has 0 atom stereocenters. The first-order valence-corrected chi connectivity index (χ1v) is 6.08. The maximum Gasteiger partial charge on any atom is 0.243 e. The predicted octanol–water partition coefficient (Wildman–Crippen LogP) is 2.42. The van der Waals surface area contributed by atoms with E-state index in [2.05, 4.69) is 15.6 Å². The van der Waals surface area contributed by atoms with E-state index in [4.69, 9.17) is 4.74 Å². The van der Waals surface area contributed by atoms with Crippen LogP contribution < -0.4 is 15.4 Å². The number of para-hydroxylation sites is 1. The van der Waals surface area contributed by atoms with Crippen LogP contribution in [0.4, 0.5) is 20.2 Å². The number of benzene rings is 1. The molecule has 0 saturated heterocycles. The summed E-state index contributed by atoms with van der Waals surface area (Å²) in [5.74, 6) is -1.78. The number of ether oxygens (including phenoxy) is 1. The molecule has 2 aromatic rings. The summed E-state index contributed by atoms with van der Waals surface area (Å²) in [6.07, 6.45) is 1.48. The van der Waals surface area contributed by atoms with Gasteiger partial charge in [-0.3, -0.25) is 4.79 Å². The van der Waals surface area contributed by atoms with Gasteiger partial charge in [0, 0.05) is 6.07 Å². The SMILES string of the molecule is COc1ccc(NCC(=O)Nc2c(F)cccc2F)cn1. The van der Waals surface area contributed by atoms with E-state index in [1.165, 1.54) is 19.4 Å². The van der Waals surface area contributed by atoms with Crippen molar-refractivity contribution in [2.24, 2.45) is 0 Å². The number of anilines is 2. The molecule has 2 N–H and O–H groups in total. The van der Waals surface area contributed by atoms with Gasteiger partial charge in [0.15, 0.2) is 0 Å². The Balaban J connectivity index is 1.92. The van der Waals surface area contributed by atoms with Crippen LogP contribution in [-0.4, -0.2) is 24.5 Å². The van der Waals surface area contributed by atoms with Gasteiger partial charge in [0.1, 0.15) is 17.3 Å². The van der Waals surface area contributed by atoms with Gasteiger partial charge >= 0.3 is 0 Å². The van der Waals surface area contributed by atoms with E-state index in [1.807, 2.05) is 0 Å². The summed E-state index contributed by atoms with van der Waals surface area (Å²) in [5, 5.41) is 4.95. The second-order valence-electron chi connectivity index (χ2n) is 4.09. The molecule has 21 heavy (non-hydrogen) atoms. The first-order chi connectivity index (χ1) is 10.1. The minimum atomic E-state index is -0.825.